The zero-order chi connectivity index (χ0) is 19.4. The Balaban J connectivity index is 1.54. The van der Waals surface area contributed by atoms with Gasteiger partial charge in [0.05, 0.1) is 13.2 Å². The quantitative estimate of drug-likeness (QED) is 0.876. The van der Waals surface area contributed by atoms with Crippen LogP contribution >= 0.6 is 0 Å². The van der Waals surface area contributed by atoms with E-state index in [2.05, 4.69) is 27.2 Å². The molecule has 1 fully saturated rings. The molecule has 144 valence electrons. The molecule has 2 aromatic carbocycles. The van der Waals surface area contributed by atoms with Crippen LogP contribution in [0.15, 0.2) is 42.5 Å². The first kappa shape index (κ1) is 19.2. The third-order valence-corrected chi connectivity index (χ3v) is 5.12. The molecule has 5 nitrogen and oxygen atoms in total. The highest BCUT2D eigenvalue weighted by molar-refractivity contribution is 5.94. The average molecular weight is 371 g/mol. The first-order valence-electron chi connectivity index (χ1n) is 9.18. The lowest BCUT2D eigenvalue weighted by molar-refractivity contribution is -0.120. The van der Waals surface area contributed by atoms with Crippen LogP contribution in [0.1, 0.15) is 12.5 Å². The zero-order valence-electron chi connectivity index (χ0n) is 16.0. The maximum absolute atomic E-state index is 13.7. The molecular weight excluding hydrogens is 345 g/mol. The van der Waals surface area contributed by atoms with E-state index in [1.165, 1.54) is 6.07 Å². The van der Waals surface area contributed by atoms with Crippen LogP contribution in [0.3, 0.4) is 0 Å². The molecule has 1 aliphatic rings. The van der Waals surface area contributed by atoms with Crippen LogP contribution in [0.2, 0.25) is 0 Å². The van der Waals surface area contributed by atoms with Gasteiger partial charge in [-0.15, -0.1) is 0 Å². The molecule has 1 heterocycles. The fourth-order valence-electron chi connectivity index (χ4n) is 3.24. The van der Waals surface area contributed by atoms with Gasteiger partial charge < -0.3 is 15.0 Å². The first-order chi connectivity index (χ1) is 13.0. The Hall–Kier alpha value is -2.60. The topological polar surface area (TPSA) is 44.8 Å². The van der Waals surface area contributed by atoms with Crippen molar-refractivity contribution in [2.24, 2.45) is 0 Å². The molecule has 0 bridgehead atoms. The summed E-state index contributed by atoms with van der Waals surface area (Å²) < 4.78 is 18.9. The van der Waals surface area contributed by atoms with Crippen molar-refractivity contribution in [3.05, 3.63) is 53.8 Å². The summed E-state index contributed by atoms with van der Waals surface area (Å²) in [5.74, 6) is 0.417. The van der Waals surface area contributed by atoms with Gasteiger partial charge in [0.1, 0.15) is 11.6 Å². The molecule has 27 heavy (non-hydrogen) atoms. The summed E-state index contributed by atoms with van der Waals surface area (Å²) in [4.78, 5) is 17.0. The molecule has 1 aliphatic heterocycles. The Labute approximate surface area is 159 Å². The summed E-state index contributed by atoms with van der Waals surface area (Å²) in [5.41, 5.74) is 2.21. The van der Waals surface area contributed by atoms with Crippen molar-refractivity contribution in [2.75, 3.05) is 43.5 Å². The lowest BCUT2D eigenvalue weighted by atomic mass is 10.1. The average Bonchev–Trinajstić information content (AvgIpc) is 2.70. The van der Waals surface area contributed by atoms with Crippen molar-refractivity contribution >= 4 is 17.3 Å². The number of methoxy groups -OCH3 is 1. The van der Waals surface area contributed by atoms with E-state index in [0.29, 0.717) is 11.3 Å². The molecule has 1 unspecified atom stereocenters. The molecular formula is C21H26FN3O2. The standard InChI is InChI=1S/C21H26FN3O2/c1-15-4-5-17(14-20(15)22)23-21(26)16(2)24-10-12-25(13-11-24)18-6-8-19(27-3)9-7-18/h4-9,14,16H,10-13H2,1-3H3,(H,23,26). The smallest absolute Gasteiger partial charge is 0.241 e. The lowest BCUT2D eigenvalue weighted by Gasteiger charge is -2.38. The maximum Gasteiger partial charge on any atom is 0.241 e. The largest absolute Gasteiger partial charge is 0.497 e. The summed E-state index contributed by atoms with van der Waals surface area (Å²) in [5, 5.41) is 2.81. The van der Waals surface area contributed by atoms with Gasteiger partial charge in [0.2, 0.25) is 5.91 Å². The Morgan fingerprint density at radius 2 is 1.78 bits per heavy atom. The second-order valence-electron chi connectivity index (χ2n) is 6.85. The van der Waals surface area contributed by atoms with Gasteiger partial charge in [-0.3, -0.25) is 9.69 Å². The molecule has 0 radical (unpaired) electrons. The minimum atomic E-state index is -0.312. The molecule has 6 heteroatoms. The van der Waals surface area contributed by atoms with Gasteiger partial charge in [0, 0.05) is 37.6 Å². The van der Waals surface area contributed by atoms with Gasteiger partial charge >= 0.3 is 0 Å². The number of benzene rings is 2. The minimum absolute atomic E-state index is 0.115. The van der Waals surface area contributed by atoms with Crippen molar-refractivity contribution in [3.8, 4) is 5.75 Å². The summed E-state index contributed by atoms with van der Waals surface area (Å²) in [6.45, 7) is 6.88. The van der Waals surface area contributed by atoms with Crippen molar-refractivity contribution in [1.82, 2.24) is 4.90 Å². The van der Waals surface area contributed by atoms with Crippen molar-refractivity contribution in [1.29, 1.82) is 0 Å². The van der Waals surface area contributed by atoms with Gasteiger partial charge in [-0.25, -0.2) is 4.39 Å². The first-order valence-corrected chi connectivity index (χ1v) is 9.18. The molecule has 0 spiro atoms. The molecule has 0 aliphatic carbocycles. The van der Waals surface area contributed by atoms with Crippen LogP contribution in [0.4, 0.5) is 15.8 Å². The second kappa shape index (κ2) is 8.39. The Kier molecular flexibility index (Phi) is 5.96. The fourth-order valence-corrected chi connectivity index (χ4v) is 3.24. The van der Waals surface area contributed by atoms with Gasteiger partial charge in [-0.2, -0.15) is 0 Å². The predicted molar refractivity (Wildman–Crippen MR) is 106 cm³/mol. The number of hydrogen-bond donors (Lipinski definition) is 1. The van der Waals surface area contributed by atoms with E-state index in [1.807, 2.05) is 19.1 Å². The van der Waals surface area contributed by atoms with Crippen molar-refractivity contribution in [2.45, 2.75) is 19.9 Å². The Morgan fingerprint density at radius 3 is 2.37 bits per heavy atom. The number of carbonyl (C=O) groups excluding carboxylic acids is 1. The maximum atomic E-state index is 13.7. The third kappa shape index (κ3) is 4.57. The lowest BCUT2D eigenvalue weighted by Crippen LogP contribution is -2.52. The van der Waals surface area contributed by atoms with Gasteiger partial charge in [-0.1, -0.05) is 6.07 Å². The zero-order valence-corrected chi connectivity index (χ0v) is 16.0. The van der Waals surface area contributed by atoms with Crippen LogP contribution < -0.4 is 15.0 Å². The molecule has 2 aromatic rings. The molecule has 1 atom stereocenters. The summed E-state index contributed by atoms with van der Waals surface area (Å²) in [7, 11) is 1.66. The summed E-state index contributed by atoms with van der Waals surface area (Å²) in [6.07, 6.45) is 0. The molecule has 3 rings (SSSR count). The van der Waals surface area contributed by atoms with Gasteiger partial charge in [-0.05, 0) is 55.8 Å². The molecule has 1 saturated heterocycles. The predicted octanol–water partition coefficient (Wildman–Crippen LogP) is 3.29. The van der Waals surface area contributed by atoms with Gasteiger partial charge in [0.15, 0.2) is 0 Å². The van der Waals surface area contributed by atoms with E-state index in [1.54, 1.807) is 26.2 Å². The van der Waals surface area contributed by atoms with Crippen LogP contribution in [0, 0.1) is 12.7 Å². The van der Waals surface area contributed by atoms with E-state index in [9.17, 15) is 9.18 Å². The van der Waals surface area contributed by atoms with Crippen LogP contribution in [-0.4, -0.2) is 50.1 Å². The SMILES string of the molecule is COc1ccc(N2CCN(C(C)C(=O)Nc3ccc(C)c(F)c3)CC2)cc1. The summed E-state index contributed by atoms with van der Waals surface area (Å²) >= 11 is 0. The minimum Gasteiger partial charge on any atom is -0.497 e. The number of aryl methyl sites for hydroxylation is 1. The normalized spacial score (nSPS) is 16.1. The number of rotatable bonds is 5. The third-order valence-electron chi connectivity index (χ3n) is 5.12. The number of piperazine rings is 1. The van der Waals surface area contributed by atoms with E-state index in [4.69, 9.17) is 4.74 Å². The van der Waals surface area contributed by atoms with Crippen LogP contribution in [0.5, 0.6) is 5.75 Å². The number of ether oxygens (including phenoxy) is 1. The number of halogens is 1. The molecule has 1 amide bonds. The van der Waals surface area contributed by atoms with Crippen molar-refractivity contribution in [3.63, 3.8) is 0 Å². The van der Waals surface area contributed by atoms with Crippen molar-refractivity contribution < 1.29 is 13.9 Å². The van der Waals surface area contributed by atoms with E-state index in [0.717, 1.165) is 37.6 Å². The van der Waals surface area contributed by atoms with E-state index < -0.39 is 0 Å². The number of amides is 1. The monoisotopic (exact) mass is 371 g/mol. The fraction of sp³-hybridized carbons (Fsp3) is 0.381. The molecule has 0 saturated carbocycles. The van der Waals surface area contributed by atoms with Crippen LogP contribution in [0.25, 0.3) is 0 Å². The highest BCUT2D eigenvalue weighted by Gasteiger charge is 2.25. The summed E-state index contributed by atoms with van der Waals surface area (Å²) in [6, 6.07) is 12.5. The van der Waals surface area contributed by atoms with E-state index >= 15 is 0 Å². The van der Waals surface area contributed by atoms with Crippen LogP contribution in [-0.2, 0) is 4.79 Å². The highest BCUT2D eigenvalue weighted by Crippen LogP contribution is 2.21. The van der Waals surface area contributed by atoms with Gasteiger partial charge in [0.25, 0.3) is 0 Å². The Bertz CT molecular complexity index is 787. The second-order valence-corrected chi connectivity index (χ2v) is 6.85. The number of nitrogens with one attached hydrogen (secondary N) is 1. The number of nitrogens with zero attached hydrogens (tertiary/aromatic N) is 2. The molecule has 1 N–H and O–H groups in total. The number of hydrogen-bond acceptors (Lipinski definition) is 4. The van der Waals surface area contributed by atoms with E-state index in [-0.39, 0.29) is 17.8 Å². The number of anilines is 2. The Morgan fingerprint density at radius 1 is 1.11 bits per heavy atom. The highest BCUT2D eigenvalue weighted by atomic mass is 19.1. The molecule has 0 aromatic heterocycles. The number of carbonyl (C=O) groups is 1.